The Morgan fingerprint density at radius 3 is 1.70 bits per heavy atom. The first-order valence-corrected chi connectivity index (χ1v) is 12.5. The van der Waals surface area contributed by atoms with Crippen LogP contribution in [0, 0.1) is 5.92 Å². The SMILES string of the molecule is CC(C)CC(NC(=O)C(CCCN=C(N)N)NC(=O)C(CS)NC(=O)C(N)CCCN=C(N)N)C(=O)O. The minimum atomic E-state index is -1.19. The zero-order valence-corrected chi connectivity index (χ0v) is 22.2. The average Bonchev–Trinajstić information content (AvgIpc) is 2.80. The number of carbonyl (C=O) groups excluding carboxylic acids is 3. The second-order valence-electron chi connectivity index (χ2n) is 8.84. The van der Waals surface area contributed by atoms with Crippen LogP contribution in [0.3, 0.4) is 0 Å². The van der Waals surface area contributed by atoms with Gasteiger partial charge in [-0.3, -0.25) is 24.4 Å². The van der Waals surface area contributed by atoms with Crippen LogP contribution in [0.25, 0.3) is 0 Å². The fraction of sp³-hybridized carbons (Fsp3) is 0.714. The smallest absolute Gasteiger partial charge is 0.326 e. The van der Waals surface area contributed by atoms with Crippen molar-refractivity contribution in [2.45, 2.75) is 70.1 Å². The lowest BCUT2D eigenvalue weighted by atomic mass is 10.0. The summed E-state index contributed by atoms with van der Waals surface area (Å²) in [7, 11) is 0. The Hall–Kier alpha value is -3.27. The fourth-order valence-corrected chi connectivity index (χ4v) is 3.39. The summed E-state index contributed by atoms with van der Waals surface area (Å²) in [6.45, 7) is 4.13. The summed E-state index contributed by atoms with van der Waals surface area (Å²) in [6, 6.07) is -4.26. The molecule has 4 atom stereocenters. The Labute approximate surface area is 222 Å². The highest BCUT2D eigenvalue weighted by molar-refractivity contribution is 7.80. The van der Waals surface area contributed by atoms with Gasteiger partial charge in [0.05, 0.1) is 6.04 Å². The molecule has 212 valence electrons. The zero-order chi connectivity index (χ0) is 28.5. The number of carboxylic acids is 1. The van der Waals surface area contributed by atoms with Crippen molar-refractivity contribution in [3.8, 4) is 0 Å². The monoisotopic (exact) mass is 546 g/mol. The Balaban J connectivity index is 5.31. The van der Waals surface area contributed by atoms with Crippen LogP contribution in [-0.4, -0.2) is 83.7 Å². The number of nitrogens with one attached hydrogen (secondary N) is 3. The third kappa shape index (κ3) is 15.4. The Bertz CT molecular complexity index is 816. The van der Waals surface area contributed by atoms with Crippen LogP contribution in [0.15, 0.2) is 9.98 Å². The number of carboxylic acid groups (broad SMARTS) is 1. The van der Waals surface area contributed by atoms with Gasteiger partial charge in [-0.1, -0.05) is 13.8 Å². The van der Waals surface area contributed by atoms with Crippen LogP contribution in [-0.2, 0) is 19.2 Å². The number of hydrogen-bond donors (Lipinski definition) is 10. The number of nitrogens with two attached hydrogens (primary N) is 5. The molecule has 0 fully saturated rings. The first kappa shape index (κ1) is 33.7. The third-order valence-electron chi connectivity index (χ3n) is 5.02. The lowest BCUT2D eigenvalue weighted by Gasteiger charge is -2.25. The lowest BCUT2D eigenvalue weighted by molar-refractivity contribution is -0.142. The highest BCUT2D eigenvalue weighted by atomic mass is 32.1. The minimum Gasteiger partial charge on any atom is -0.480 e. The number of nitrogens with zero attached hydrogens (tertiary/aromatic N) is 2. The molecule has 0 aliphatic rings. The van der Waals surface area contributed by atoms with Gasteiger partial charge in [0.1, 0.15) is 18.1 Å². The van der Waals surface area contributed by atoms with Gasteiger partial charge in [-0.05, 0) is 38.0 Å². The van der Waals surface area contributed by atoms with E-state index in [4.69, 9.17) is 28.7 Å². The summed E-state index contributed by atoms with van der Waals surface area (Å²) in [5, 5.41) is 17.0. The van der Waals surface area contributed by atoms with Gasteiger partial charge >= 0.3 is 5.97 Å². The van der Waals surface area contributed by atoms with Crippen LogP contribution in [0.1, 0.15) is 46.0 Å². The number of rotatable bonds is 18. The molecule has 0 radical (unpaired) electrons. The number of thiol groups is 1. The minimum absolute atomic E-state index is 0.00348. The Morgan fingerprint density at radius 2 is 1.24 bits per heavy atom. The number of hydrogen-bond acceptors (Lipinski definition) is 8. The molecule has 37 heavy (non-hydrogen) atoms. The highest BCUT2D eigenvalue weighted by Crippen LogP contribution is 2.07. The molecule has 0 spiro atoms. The summed E-state index contributed by atoms with van der Waals surface area (Å²) in [5.41, 5.74) is 27.0. The third-order valence-corrected chi connectivity index (χ3v) is 5.39. The molecule has 16 heteroatoms. The van der Waals surface area contributed by atoms with Crippen molar-refractivity contribution < 1.29 is 24.3 Å². The van der Waals surface area contributed by atoms with E-state index >= 15 is 0 Å². The molecule has 0 aromatic carbocycles. The second-order valence-corrected chi connectivity index (χ2v) is 9.20. The molecule has 14 N–H and O–H groups in total. The maximum atomic E-state index is 12.9. The Kier molecular flexibility index (Phi) is 16.5. The molecule has 0 aliphatic carbocycles. The van der Waals surface area contributed by atoms with Gasteiger partial charge < -0.3 is 49.7 Å². The van der Waals surface area contributed by atoms with Crippen LogP contribution in [0.2, 0.25) is 0 Å². The van der Waals surface area contributed by atoms with E-state index in [0.717, 1.165) is 0 Å². The molecule has 0 rings (SSSR count). The average molecular weight is 547 g/mol. The van der Waals surface area contributed by atoms with Crippen LogP contribution >= 0.6 is 12.6 Å². The van der Waals surface area contributed by atoms with Crippen molar-refractivity contribution in [2.24, 2.45) is 44.6 Å². The topological polar surface area (TPSA) is 279 Å². The predicted octanol–water partition coefficient (Wildman–Crippen LogP) is -3.06. The van der Waals surface area contributed by atoms with E-state index in [-0.39, 0.29) is 49.4 Å². The maximum Gasteiger partial charge on any atom is 0.326 e. The standard InChI is InChI=1S/C21H42N10O5S/c1-11(2)9-14(19(35)36)30-17(33)13(6-4-8-28-21(25)26)29-18(34)15(10-37)31-16(32)12(22)5-3-7-27-20(23)24/h11-15,37H,3-10,22H2,1-2H3,(H,29,34)(H,30,33)(H,31,32)(H,35,36)(H4,23,24,27)(H4,25,26,28). The molecule has 15 nitrogen and oxygen atoms in total. The molecule has 0 aliphatic heterocycles. The molecule has 0 saturated carbocycles. The summed E-state index contributed by atoms with van der Waals surface area (Å²) in [4.78, 5) is 57.5. The molecular weight excluding hydrogens is 504 g/mol. The van der Waals surface area contributed by atoms with E-state index < -0.39 is 47.9 Å². The van der Waals surface area contributed by atoms with Gasteiger partial charge in [0.2, 0.25) is 17.7 Å². The summed E-state index contributed by atoms with van der Waals surface area (Å²) in [6.07, 6.45) is 1.35. The van der Waals surface area contributed by atoms with Crippen molar-refractivity contribution in [3.63, 3.8) is 0 Å². The number of carbonyl (C=O) groups is 4. The van der Waals surface area contributed by atoms with E-state index in [2.05, 4.69) is 38.6 Å². The quantitative estimate of drug-likeness (QED) is 0.0358. The summed E-state index contributed by atoms with van der Waals surface area (Å²) >= 11 is 4.12. The van der Waals surface area contributed by atoms with Gasteiger partial charge in [0.15, 0.2) is 11.9 Å². The van der Waals surface area contributed by atoms with E-state index in [9.17, 15) is 24.3 Å². The lowest BCUT2D eigenvalue weighted by Crippen LogP contribution is -2.57. The number of guanidine groups is 2. The Morgan fingerprint density at radius 1 is 0.784 bits per heavy atom. The maximum absolute atomic E-state index is 12.9. The van der Waals surface area contributed by atoms with Gasteiger partial charge in [-0.25, -0.2) is 4.79 Å². The van der Waals surface area contributed by atoms with Crippen LogP contribution in [0.5, 0.6) is 0 Å². The van der Waals surface area contributed by atoms with Crippen molar-refractivity contribution in [2.75, 3.05) is 18.8 Å². The molecule has 0 aromatic heterocycles. The van der Waals surface area contributed by atoms with Gasteiger partial charge in [0.25, 0.3) is 0 Å². The van der Waals surface area contributed by atoms with E-state index in [1.807, 2.05) is 13.8 Å². The zero-order valence-electron chi connectivity index (χ0n) is 21.4. The second kappa shape index (κ2) is 18.0. The van der Waals surface area contributed by atoms with Crippen molar-refractivity contribution in [1.29, 1.82) is 0 Å². The fourth-order valence-electron chi connectivity index (χ4n) is 3.13. The van der Waals surface area contributed by atoms with Crippen molar-refractivity contribution in [1.82, 2.24) is 16.0 Å². The first-order valence-electron chi connectivity index (χ1n) is 11.9. The predicted molar refractivity (Wildman–Crippen MR) is 145 cm³/mol. The largest absolute Gasteiger partial charge is 0.480 e. The first-order chi connectivity index (χ1) is 17.3. The number of aliphatic carboxylic acids is 1. The summed E-state index contributed by atoms with van der Waals surface area (Å²) in [5.74, 6) is -3.42. The normalized spacial score (nSPS) is 14.0. The molecule has 0 heterocycles. The van der Waals surface area contributed by atoms with E-state index in [1.54, 1.807) is 0 Å². The van der Waals surface area contributed by atoms with E-state index in [0.29, 0.717) is 19.4 Å². The van der Waals surface area contributed by atoms with Gasteiger partial charge in [-0.2, -0.15) is 12.6 Å². The van der Waals surface area contributed by atoms with Crippen LogP contribution < -0.4 is 44.6 Å². The number of aliphatic imine (C=N–C) groups is 2. The van der Waals surface area contributed by atoms with Gasteiger partial charge in [0, 0.05) is 18.8 Å². The van der Waals surface area contributed by atoms with Crippen LogP contribution in [0.4, 0.5) is 0 Å². The molecule has 0 bridgehead atoms. The molecule has 0 aromatic rings. The highest BCUT2D eigenvalue weighted by Gasteiger charge is 2.30. The summed E-state index contributed by atoms with van der Waals surface area (Å²) < 4.78 is 0. The van der Waals surface area contributed by atoms with Crippen molar-refractivity contribution >= 4 is 48.2 Å². The molecule has 4 unspecified atom stereocenters. The van der Waals surface area contributed by atoms with Gasteiger partial charge in [-0.15, -0.1) is 0 Å². The molecule has 0 saturated heterocycles. The number of amides is 3. The van der Waals surface area contributed by atoms with Crippen molar-refractivity contribution in [3.05, 3.63) is 0 Å². The van der Waals surface area contributed by atoms with E-state index in [1.165, 1.54) is 0 Å². The molecule has 3 amide bonds. The molecular formula is C21H42N10O5S.